The van der Waals surface area contributed by atoms with Gasteiger partial charge < -0.3 is 18.9 Å². The molecule has 28 heavy (non-hydrogen) atoms. The largest absolute Gasteiger partial charge is 0.509 e. The number of methoxy groups -OCH3 is 1. The average molecular weight is 383 g/mol. The summed E-state index contributed by atoms with van der Waals surface area (Å²) < 4.78 is 21.2. The van der Waals surface area contributed by atoms with Crippen LogP contribution < -0.4 is 9.47 Å². The van der Waals surface area contributed by atoms with Crippen LogP contribution in [-0.4, -0.2) is 48.9 Å². The zero-order chi connectivity index (χ0) is 19.7. The number of hydrogen-bond donors (Lipinski definition) is 0. The number of esters is 1. The summed E-state index contributed by atoms with van der Waals surface area (Å²) in [6.45, 7) is 2.40. The van der Waals surface area contributed by atoms with Crippen LogP contribution in [0.3, 0.4) is 0 Å². The molecule has 2 fully saturated rings. The van der Waals surface area contributed by atoms with Crippen molar-refractivity contribution < 1.29 is 28.5 Å². The number of hydrogen-bond acceptors (Lipinski definition) is 7. The Labute approximate surface area is 162 Å². The molecule has 2 aromatic rings. The summed E-state index contributed by atoms with van der Waals surface area (Å²) in [5, 5.41) is 0. The Morgan fingerprint density at radius 3 is 2.43 bits per heavy atom. The second-order valence-electron chi connectivity index (χ2n) is 6.81. The maximum absolute atomic E-state index is 13.0. The first kappa shape index (κ1) is 18.3. The van der Waals surface area contributed by atoms with Crippen LogP contribution in [0.15, 0.2) is 54.6 Å². The highest BCUT2D eigenvalue weighted by atomic mass is 16.8. The van der Waals surface area contributed by atoms with Crippen LogP contribution in [0.4, 0.5) is 4.79 Å². The van der Waals surface area contributed by atoms with Crippen molar-refractivity contribution in [3.63, 3.8) is 0 Å². The normalized spacial score (nSPS) is 24.8. The first-order valence-electron chi connectivity index (χ1n) is 9.10. The van der Waals surface area contributed by atoms with Crippen LogP contribution in [0.1, 0.15) is 18.5 Å². The number of fused-ring (bicyclic) bond motifs is 1. The third-order valence-electron chi connectivity index (χ3n) is 5.20. The molecule has 2 aliphatic rings. The van der Waals surface area contributed by atoms with E-state index in [0.717, 1.165) is 5.56 Å². The molecule has 0 aromatic heterocycles. The van der Waals surface area contributed by atoms with E-state index < -0.39 is 30.4 Å². The number of likely N-dealkylation sites (tertiary alicyclic amines) is 1. The van der Waals surface area contributed by atoms with Crippen LogP contribution in [0.25, 0.3) is 0 Å². The van der Waals surface area contributed by atoms with Crippen LogP contribution in [0.2, 0.25) is 0 Å². The molecule has 0 saturated carbocycles. The molecule has 0 bridgehead atoms. The second-order valence-corrected chi connectivity index (χ2v) is 6.81. The first-order valence-corrected chi connectivity index (χ1v) is 9.10. The topological polar surface area (TPSA) is 74.3 Å². The number of nitrogens with zero attached hydrogens (tertiary/aromatic N) is 1. The van der Waals surface area contributed by atoms with Gasteiger partial charge in [-0.2, -0.15) is 0 Å². The van der Waals surface area contributed by atoms with Crippen molar-refractivity contribution >= 4 is 12.1 Å². The Bertz CT molecular complexity index is 853. The van der Waals surface area contributed by atoms with Gasteiger partial charge in [-0.1, -0.05) is 30.3 Å². The lowest BCUT2D eigenvalue weighted by Crippen LogP contribution is -2.46. The second kappa shape index (κ2) is 7.52. The molecule has 146 valence electrons. The van der Waals surface area contributed by atoms with Crippen molar-refractivity contribution in [2.75, 3.05) is 13.7 Å². The molecule has 0 N–H and O–H groups in total. The fourth-order valence-electron chi connectivity index (χ4n) is 3.74. The van der Waals surface area contributed by atoms with Gasteiger partial charge in [0.25, 0.3) is 0 Å². The Balaban J connectivity index is 1.57. The molecule has 0 spiro atoms. The molecule has 7 nitrogen and oxygen atoms in total. The van der Waals surface area contributed by atoms with Crippen LogP contribution in [0.5, 0.6) is 11.5 Å². The highest BCUT2D eigenvalue weighted by Gasteiger charge is 2.56. The van der Waals surface area contributed by atoms with Gasteiger partial charge in [0.1, 0.15) is 11.5 Å². The molecule has 0 unspecified atom stereocenters. The Hall–Kier alpha value is -3.06. The lowest BCUT2D eigenvalue weighted by Gasteiger charge is -2.30. The van der Waals surface area contributed by atoms with E-state index in [0.29, 0.717) is 18.0 Å². The molecule has 4 rings (SSSR count). The van der Waals surface area contributed by atoms with Crippen LogP contribution in [-0.2, 0) is 14.3 Å². The Morgan fingerprint density at radius 1 is 1.07 bits per heavy atom. The summed E-state index contributed by atoms with van der Waals surface area (Å²) in [5.41, 5.74) is 1.05. The van der Waals surface area contributed by atoms with Crippen molar-refractivity contribution in [2.24, 2.45) is 0 Å². The van der Waals surface area contributed by atoms with E-state index in [-0.39, 0.29) is 6.04 Å². The molecule has 7 heteroatoms. The monoisotopic (exact) mass is 383 g/mol. The minimum atomic E-state index is -0.756. The minimum absolute atomic E-state index is 0.0810. The van der Waals surface area contributed by atoms with Gasteiger partial charge in [-0.05, 0) is 36.8 Å². The van der Waals surface area contributed by atoms with Crippen LogP contribution >= 0.6 is 0 Å². The van der Waals surface area contributed by atoms with Crippen molar-refractivity contribution in [3.8, 4) is 11.5 Å². The predicted molar refractivity (Wildman–Crippen MR) is 99.1 cm³/mol. The van der Waals surface area contributed by atoms with Crippen molar-refractivity contribution in [3.05, 3.63) is 60.2 Å². The minimum Gasteiger partial charge on any atom is -0.497 e. The van der Waals surface area contributed by atoms with E-state index in [1.165, 1.54) is 0 Å². The summed E-state index contributed by atoms with van der Waals surface area (Å²) in [5.74, 6) is 0.573. The summed E-state index contributed by atoms with van der Waals surface area (Å²) in [7, 11) is 1.57. The predicted octanol–water partition coefficient (Wildman–Crippen LogP) is 2.95. The van der Waals surface area contributed by atoms with Crippen molar-refractivity contribution in [1.29, 1.82) is 0 Å². The van der Waals surface area contributed by atoms with E-state index in [1.807, 2.05) is 42.2 Å². The Kier molecular flexibility index (Phi) is 4.92. The lowest BCUT2D eigenvalue weighted by molar-refractivity contribution is -0.142. The number of carbonyl (C=O) groups is 2. The molecule has 0 aliphatic carbocycles. The molecule has 0 radical (unpaired) electrons. The maximum atomic E-state index is 13.0. The quantitative estimate of drug-likeness (QED) is 0.580. The SMILES string of the molecule is COc1ccc(OC(=O)[C@@H]2[C@H]3OC(=O)O[C@H]3CN2[C@@H](C)c2ccccc2)cc1. The van der Waals surface area contributed by atoms with E-state index in [9.17, 15) is 9.59 Å². The van der Waals surface area contributed by atoms with Gasteiger partial charge >= 0.3 is 12.1 Å². The van der Waals surface area contributed by atoms with E-state index >= 15 is 0 Å². The lowest BCUT2D eigenvalue weighted by atomic mass is 10.1. The molecule has 4 atom stereocenters. The summed E-state index contributed by atoms with van der Waals surface area (Å²) in [6.07, 6.45) is -1.93. The van der Waals surface area contributed by atoms with Gasteiger partial charge in [0.05, 0.1) is 7.11 Å². The van der Waals surface area contributed by atoms with E-state index in [4.69, 9.17) is 18.9 Å². The fraction of sp³-hybridized carbons (Fsp3) is 0.333. The van der Waals surface area contributed by atoms with Gasteiger partial charge in [-0.25, -0.2) is 9.59 Å². The highest BCUT2D eigenvalue weighted by molar-refractivity contribution is 5.81. The summed E-state index contributed by atoms with van der Waals surface area (Å²) in [4.78, 5) is 26.6. The van der Waals surface area contributed by atoms with Crippen molar-refractivity contribution in [1.82, 2.24) is 4.90 Å². The zero-order valence-corrected chi connectivity index (χ0v) is 15.6. The summed E-state index contributed by atoms with van der Waals surface area (Å²) in [6, 6.07) is 15.7. The van der Waals surface area contributed by atoms with Crippen molar-refractivity contribution in [2.45, 2.75) is 31.2 Å². The van der Waals surface area contributed by atoms with Gasteiger partial charge in [0.2, 0.25) is 0 Å². The molecule has 2 saturated heterocycles. The van der Waals surface area contributed by atoms with Gasteiger partial charge in [0, 0.05) is 12.6 Å². The third-order valence-corrected chi connectivity index (χ3v) is 5.20. The smallest absolute Gasteiger partial charge is 0.497 e. The van der Waals surface area contributed by atoms with Gasteiger partial charge in [-0.3, -0.25) is 4.90 Å². The van der Waals surface area contributed by atoms with Gasteiger partial charge in [0.15, 0.2) is 18.2 Å². The third kappa shape index (κ3) is 3.41. The highest BCUT2D eigenvalue weighted by Crippen LogP contribution is 2.36. The molecule has 2 aliphatic heterocycles. The van der Waals surface area contributed by atoms with E-state index in [2.05, 4.69) is 0 Å². The van der Waals surface area contributed by atoms with Gasteiger partial charge in [-0.15, -0.1) is 0 Å². The number of carbonyl (C=O) groups excluding carboxylic acids is 2. The Morgan fingerprint density at radius 2 is 1.75 bits per heavy atom. The van der Waals surface area contributed by atoms with Crippen LogP contribution in [0, 0.1) is 0 Å². The zero-order valence-electron chi connectivity index (χ0n) is 15.6. The molecule has 2 aromatic carbocycles. The molecule has 2 heterocycles. The maximum Gasteiger partial charge on any atom is 0.509 e. The number of ether oxygens (including phenoxy) is 4. The molecular weight excluding hydrogens is 362 g/mol. The molecular formula is C21H21NO6. The first-order chi connectivity index (χ1) is 13.6. The number of rotatable bonds is 5. The van der Waals surface area contributed by atoms with E-state index in [1.54, 1.807) is 31.4 Å². The summed E-state index contributed by atoms with van der Waals surface area (Å²) >= 11 is 0. The average Bonchev–Trinajstić information content (AvgIpc) is 3.24. The fourth-order valence-corrected chi connectivity index (χ4v) is 3.74. The standard InChI is InChI=1S/C21H21NO6/c1-13(14-6-4-3-5-7-14)22-12-17-19(28-21(24)27-17)18(22)20(23)26-16-10-8-15(25-2)9-11-16/h3-11,13,17-19H,12H2,1-2H3/t13-,17-,18-,19-/m0/s1. The molecule has 0 amide bonds. The number of benzene rings is 2.